The van der Waals surface area contributed by atoms with Crippen molar-refractivity contribution in [2.45, 2.75) is 71.1 Å². The molecule has 0 heterocycles. The van der Waals surface area contributed by atoms with E-state index in [0.717, 1.165) is 29.9 Å². The molecule has 1 atom stereocenters. The van der Waals surface area contributed by atoms with Crippen molar-refractivity contribution < 1.29 is 4.79 Å². The molecule has 4 aliphatic rings. The van der Waals surface area contributed by atoms with Crippen LogP contribution in [0.25, 0.3) is 0 Å². The third-order valence-electron chi connectivity index (χ3n) is 7.31. The Labute approximate surface area is 168 Å². The Morgan fingerprint density at radius 1 is 1.15 bits per heavy atom. The van der Waals surface area contributed by atoms with Crippen molar-refractivity contribution in [3.8, 4) is 0 Å². The summed E-state index contributed by atoms with van der Waals surface area (Å²) in [6.07, 6.45) is 9.71. The molecular weight excluding hydrogens is 352 g/mol. The molecule has 1 aromatic rings. The lowest BCUT2D eigenvalue weighted by molar-refractivity contribution is -0.127. The summed E-state index contributed by atoms with van der Waals surface area (Å²) < 4.78 is 0. The molecule has 0 aliphatic heterocycles. The Morgan fingerprint density at radius 2 is 1.74 bits per heavy atom. The van der Waals surface area contributed by atoms with Crippen molar-refractivity contribution in [2.24, 2.45) is 23.2 Å². The van der Waals surface area contributed by atoms with E-state index < -0.39 is 0 Å². The second-order valence-electron chi connectivity index (χ2n) is 9.49. The minimum atomic E-state index is 0.0930. The van der Waals surface area contributed by atoms with E-state index in [1.54, 1.807) is 0 Å². The molecule has 4 aliphatic carbocycles. The first-order valence-electron chi connectivity index (χ1n) is 10.7. The van der Waals surface area contributed by atoms with Crippen LogP contribution in [-0.2, 0) is 4.79 Å². The van der Waals surface area contributed by atoms with Gasteiger partial charge in [0.25, 0.3) is 0 Å². The Morgan fingerprint density at radius 3 is 2.33 bits per heavy atom. The maximum Gasteiger partial charge on any atom is 0.226 e. The maximum atomic E-state index is 12.8. The normalized spacial score (nSPS) is 32.1. The molecule has 4 heteroatoms. The average Bonchev–Trinajstić information content (AvgIpc) is 2.59. The molecule has 4 saturated carbocycles. The lowest BCUT2D eigenvalue weighted by Crippen LogP contribution is -2.48. The lowest BCUT2D eigenvalue weighted by Gasteiger charge is -2.56. The first-order chi connectivity index (χ1) is 13.0. The van der Waals surface area contributed by atoms with Gasteiger partial charge in [0.2, 0.25) is 5.91 Å². The molecule has 1 aromatic carbocycles. The topological polar surface area (TPSA) is 41.1 Å². The number of nitrogens with one attached hydrogen (secondary N) is 2. The molecule has 4 bridgehead atoms. The highest BCUT2D eigenvalue weighted by molar-refractivity contribution is 7.80. The Kier molecular flexibility index (Phi) is 5.28. The van der Waals surface area contributed by atoms with Gasteiger partial charge in [0.05, 0.1) is 0 Å². The summed E-state index contributed by atoms with van der Waals surface area (Å²) in [7, 11) is 0. The number of hydrogen-bond acceptors (Lipinski definition) is 2. The summed E-state index contributed by atoms with van der Waals surface area (Å²) in [6, 6.07) is 8.24. The Hall–Kier alpha value is -1.42. The van der Waals surface area contributed by atoms with Crippen molar-refractivity contribution in [1.82, 2.24) is 5.32 Å². The zero-order chi connectivity index (χ0) is 19.0. The predicted octanol–water partition coefficient (Wildman–Crippen LogP) is 5.62. The van der Waals surface area contributed by atoms with E-state index in [2.05, 4.69) is 36.6 Å². The van der Waals surface area contributed by atoms with E-state index in [1.807, 2.05) is 12.1 Å². The van der Waals surface area contributed by atoms with Crippen LogP contribution in [0.4, 0.5) is 5.69 Å². The first kappa shape index (κ1) is 18.9. The molecule has 1 unspecified atom stereocenters. The van der Waals surface area contributed by atoms with Gasteiger partial charge in [-0.05, 0) is 97.9 Å². The summed E-state index contributed by atoms with van der Waals surface area (Å²) in [5, 5.41) is 6.66. The number of anilines is 1. The molecule has 5 rings (SSSR count). The zero-order valence-corrected chi connectivity index (χ0v) is 17.4. The number of thiocarbonyl (C=S) groups is 1. The van der Waals surface area contributed by atoms with E-state index in [4.69, 9.17) is 12.2 Å². The quantitative estimate of drug-likeness (QED) is 0.647. The van der Waals surface area contributed by atoms with Crippen LogP contribution in [0.5, 0.6) is 0 Å². The van der Waals surface area contributed by atoms with Crippen LogP contribution in [0.15, 0.2) is 24.3 Å². The van der Waals surface area contributed by atoms with Gasteiger partial charge in [-0.1, -0.05) is 32.0 Å². The molecule has 4 fully saturated rings. The molecule has 27 heavy (non-hydrogen) atoms. The van der Waals surface area contributed by atoms with E-state index in [9.17, 15) is 4.79 Å². The summed E-state index contributed by atoms with van der Waals surface area (Å²) in [5.74, 6) is 3.17. The minimum Gasteiger partial charge on any atom is -0.332 e. The standard InChI is InChI=1S/C23H32N2OS/c1-3-15(2)19-6-4-5-7-20(19)24-22(27)25-21(26)14-23-11-16-8-17(12-23)10-18(9-16)13-23/h4-7,15-18H,3,8-14H2,1-2H3,(H2,24,25,26,27). The van der Waals surface area contributed by atoms with Crippen molar-refractivity contribution in [2.75, 3.05) is 5.32 Å². The second kappa shape index (κ2) is 7.54. The molecule has 1 amide bonds. The smallest absolute Gasteiger partial charge is 0.226 e. The molecule has 0 spiro atoms. The van der Waals surface area contributed by atoms with Gasteiger partial charge in [-0.15, -0.1) is 0 Å². The van der Waals surface area contributed by atoms with Crippen LogP contribution >= 0.6 is 12.2 Å². The van der Waals surface area contributed by atoms with Gasteiger partial charge in [-0.3, -0.25) is 4.79 Å². The van der Waals surface area contributed by atoms with Crippen LogP contribution in [0.2, 0.25) is 0 Å². The van der Waals surface area contributed by atoms with Gasteiger partial charge in [-0.25, -0.2) is 0 Å². The van der Waals surface area contributed by atoms with Crippen LogP contribution < -0.4 is 10.6 Å². The maximum absolute atomic E-state index is 12.8. The van der Waals surface area contributed by atoms with Crippen molar-refractivity contribution >= 4 is 28.9 Å². The third kappa shape index (κ3) is 4.06. The number of amides is 1. The minimum absolute atomic E-state index is 0.0930. The van der Waals surface area contributed by atoms with Gasteiger partial charge in [0.1, 0.15) is 0 Å². The highest BCUT2D eigenvalue weighted by atomic mass is 32.1. The van der Waals surface area contributed by atoms with Gasteiger partial charge >= 0.3 is 0 Å². The number of benzene rings is 1. The van der Waals surface area contributed by atoms with Crippen LogP contribution in [-0.4, -0.2) is 11.0 Å². The summed E-state index contributed by atoms with van der Waals surface area (Å²) in [6.45, 7) is 4.40. The number of carbonyl (C=O) groups excluding carboxylic acids is 1. The highest BCUT2D eigenvalue weighted by Crippen LogP contribution is 2.61. The molecule has 3 nitrogen and oxygen atoms in total. The average molecular weight is 385 g/mol. The Balaban J connectivity index is 1.36. The molecule has 2 N–H and O–H groups in total. The molecule has 0 saturated heterocycles. The first-order valence-corrected chi connectivity index (χ1v) is 11.1. The van der Waals surface area contributed by atoms with E-state index in [1.165, 1.54) is 44.1 Å². The fourth-order valence-electron chi connectivity index (χ4n) is 6.43. The highest BCUT2D eigenvalue weighted by Gasteiger charge is 2.51. The SMILES string of the molecule is CCC(C)c1ccccc1NC(=S)NC(=O)CC12CC3CC(CC(C3)C1)C2. The largest absolute Gasteiger partial charge is 0.332 e. The van der Waals surface area contributed by atoms with Crippen molar-refractivity contribution in [1.29, 1.82) is 0 Å². The number of rotatable bonds is 5. The van der Waals surface area contributed by atoms with Gasteiger partial charge in [0.15, 0.2) is 5.11 Å². The van der Waals surface area contributed by atoms with Crippen LogP contribution in [0.3, 0.4) is 0 Å². The number of hydrogen-bond donors (Lipinski definition) is 2. The Bertz CT molecular complexity index is 694. The zero-order valence-electron chi connectivity index (χ0n) is 16.6. The fourth-order valence-corrected chi connectivity index (χ4v) is 6.66. The molecule has 0 radical (unpaired) electrons. The third-order valence-corrected chi connectivity index (χ3v) is 7.51. The van der Waals surface area contributed by atoms with Gasteiger partial charge in [-0.2, -0.15) is 0 Å². The van der Waals surface area contributed by atoms with Gasteiger partial charge < -0.3 is 10.6 Å². The lowest BCUT2D eigenvalue weighted by atomic mass is 9.49. The molecule has 0 aromatic heterocycles. The monoisotopic (exact) mass is 384 g/mol. The summed E-state index contributed by atoms with van der Waals surface area (Å²) in [5.41, 5.74) is 2.51. The number of para-hydroxylation sites is 1. The summed E-state index contributed by atoms with van der Waals surface area (Å²) in [4.78, 5) is 12.8. The van der Waals surface area contributed by atoms with E-state index in [-0.39, 0.29) is 11.3 Å². The van der Waals surface area contributed by atoms with E-state index >= 15 is 0 Å². The van der Waals surface area contributed by atoms with Crippen molar-refractivity contribution in [3.63, 3.8) is 0 Å². The van der Waals surface area contributed by atoms with E-state index in [0.29, 0.717) is 17.5 Å². The fraction of sp³-hybridized carbons (Fsp3) is 0.652. The van der Waals surface area contributed by atoms with Crippen LogP contribution in [0.1, 0.15) is 76.7 Å². The predicted molar refractivity (Wildman–Crippen MR) is 115 cm³/mol. The molecular formula is C23H32N2OS. The van der Waals surface area contributed by atoms with Crippen molar-refractivity contribution in [3.05, 3.63) is 29.8 Å². The second-order valence-corrected chi connectivity index (χ2v) is 9.90. The number of carbonyl (C=O) groups is 1. The summed E-state index contributed by atoms with van der Waals surface area (Å²) >= 11 is 5.46. The molecule has 146 valence electrons. The van der Waals surface area contributed by atoms with Gasteiger partial charge in [0, 0.05) is 12.1 Å². The van der Waals surface area contributed by atoms with Crippen LogP contribution in [0, 0.1) is 23.2 Å².